The fourth-order valence-electron chi connectivity index (χ4n) is 0.810. The van der Waals surface area contributed by atoms with E-state index in [2.05, 4.69) is 15.3 Å². The Hall–Kier alpha value is -1.85. The fraction of sp³-hybridized carbons (Fsp3) is 0.375. The molecule has 6 heteroatoms. The second-order valence-electron chi connectivity index (χ2n) is 2.59. The normalized spacial score (nSPS) is 9.50. The van der Waals surface area contributed by atoms with Gasteiger partial charge in [0, 0.05) is 13.0 Å². The van der Waals surface area contributed by atoms with Crippen LogP contribution in [0.3, 0.4) is 0 Å². The zero-order valence-electron chi connectivity index (χ0n) is 7.86. The summed E-state index contributed by atoms with van der Waals surface area (Å²) in [6.45, 7) is 0.432. The van der Waals surface area contributed by atoms with E-state index in [1.165, 1.54) is 0 Å². The van der Waals surface area contributed by atoms with E-state index in [4.69, 9.17) is 10.5 Å². The van der Waals surface area contributed by atoms with Crippen molar-refractivity contribution in [3.8, 4) is 5.75 Å². The third kappa shape index (κ3) is 3.26. The van der Waals surface area contributed by atoms with Gasteiger partial charge in [-0.25, -0.2) is 9.97 Å². The van der Waals surface area contributed by atoms with Gasteiger partial charge >= 0.3 is 0 Å². The van der Waals surface area contributed by atoms with E-state index in [1.807, 2.05) is 0 Å². The summed E-state index contributed by atoms with van der Waals surface area (Å²) in [5.41, 5.74) is 4.96. The highest BCUT2D eigenvalue weighted by Gasteiger charge is 1.97. The molecule has 0 aliphatic carbocycles. The number of nitrogens with zero attached hydrogens (tertiary/aromatic N) is 2. The summed E-state index contributed by atoms with van der Waals surface area (Å²) in [4.78, 5) is 18.3. The van der Waals surface area contributed by atoms with Crippen molar-refractivity contribution < 1.29 is 9.53 Å². The molecule has 1 heterocycles. The highest BCUT2D eigenvalue weighted by molar-refractivity contribution is 5.74. The number of carbonyl (C=O) groups is 1. The molecule has 0 saturated carbocycles. The average Bonchev–Trinajstić information content (AvgIpc) is 2.18. The molecule has 0 fully saturated rings. The maximum Gasteiger partial charge on any atom is 0.222 e. The molecular formula is C8H12N4O2. The lowest BCUT2D eigenvalue weighted by Crippen LogP contribution is -2.16. The van der Waals surface area contributed by atoms with Crippen molar-refractivity contribution in [3.05, 3.63) is 12.4 Å². The largest absolute Gasteiger partial charge is 0.494 e. The summed E-state index contributed by atoms with van der Waals surface area (Å²) < 4.78 is 4.88. The number of rotatable bonds is 5. The van der Waals surface area contributed by atoms with E-state index < -0.39 is 0 Å². The van der Waals surface area contributed by atoms with Gasteiger partial charge in [-0.2, -0.15) is 0 Å². The van der Waals surface area contributed by atoms with E-state index >= 15 is 0 Å². The van der Waals surface area contributed by atoms with Crippen molar-refractivity contribution in [2.75, 3.05) is 19.0 Å². The second-order valence-corrected chi connectivity index (χ2v) is 2.59. The number of amides is 1. The SMILES string of the molecule is COc1cnc(NCCC(N)=O)nc1. The van der Waals surface area contributed by atoms with Crippen LogP contribution < -0.4 is 15.8 Å². The van der Waals surface area contributed by atoms with E-state index in [-0.39, 0.29) is 12.3 Å². The molecule has 6 nitrogen and oxygen atoms in total. The molecule has 0 aliphatic heterocycles. The summed E-state index contributed by atoms with van der Waals surface area (Å²) in [5, 5.41) is 2.85. The summed E-state index contributed by atoms with van der Waals surface area (Å²) in [6.07, 6.45) is 3.34. The first-order chi connectivity index (χ1) is 6.72. The predicted molar refractivity (Wildman–Crippen MR) is 50.9 cm³/mol. The quantitative estimate of drug-likeness (QED) is 0.679. The lowest BCUT2D eigenvalue weighted by atomic mass is 10.4. The van der Waals surface area contributed by atoms with Crippen molar-refractivity contribution in [1.29, 1.82) is 0 Å². The number of methoxy groups -OCH3 is 1. The molecule has 0 spiro atoms. The van der Waals surface area contributed by atoms with Crippen molar-refractivity contribution in [3.63, 3.8) is 0 Å². The monoisotopic (exact) mass is 196 g/mol. The Bertz CT molecular complexity index is 299. The van der Waals surface area contributed by atoms with Gasteiger partial charge in [0.25, 0.3) is 0 Å². The zero-order chi connectivity index (χ0) is 10.4. The number of carbonyl (C=O) groups excluding carboxylic acids is 1. The van der Waals surface area contributed by atoms with E-state index in [0.717, 1.165) is 0 Å². The minimum atomic E-state index is -0.356. The van der Waals surface area contributed by atoms with Gasteiger partial charge < -0.3 is 15.8 Å². The molecule has 1 amide bonds. The molecule has 76 valence electrons. The van der Waals surface area contributed by atoms with Gasteiger partial charge in [-0.1, -0.05) is 0 Å². The molecule has 0 aromatic carbocycles. The van der Waals surface area contributed by atoms with Crippen LogP contribution in [-0.2, 0) is 4.79 Å². The Balaban J connectivity index is 2.40. The topological polar surface area (TPSA) is 90.1 Å². The van der Waals surface area contributed by atoms with Crippen molar-refractivity contribution in [2.24, 2.45) is 5.73 Å². The molecular weight excluding hydrogens is 184 g/mol. The van der Waals surface area contributed by atoms with Crippen LogP contribution in [0.5, 0.6) is 5.75 Å². The Labute approximate surface area is 81.5 Å². The number of nitrogens with one attached hydrogen (secondary N) is 1. The number of hydrogen-bond acceptors (Lipinski definition) is 5. The van der Waals surface area contributed by atoms with Gasteiger partial charge in [0.15, 0.2) is 5.75 Å². The summed E-state index contributed by atoms with van der Waals surface area (Å²) >= 11 is 0. The standard InChI is InChI=1S/C8H12N4O2/c1-14-6-4-11-8(12-5-6)10-3-2-7(9)13/h4-5H,2-3H2,1H3,(H2,9,13)(H,10,11,12). The average molecular weight is 196 g/mol. The number of primary amides is 1. The van der Waals surface area contributed by atoms with Crippen LogP contribution in [-0.4, -0.2) is 29.5 Å². The molecule has 1 aromatic heterocycles. The third-order valence-electron chi connectivity index (χ3n) is 1.52. The number of anilines is 1. The van der Waals surface area contributed by atoms with Crippen LogP contribution in [0.4, 0.5) is 5.95 Å². The molecule has 0 saturated heterocycles. The van der Waals surface area contributed by atoms with Crippen molar-refractivity contribution in [1.82, 2.24) is 9.97 Å². The molecule has 0 unspecified atom stereocenters. The third-order valence-corrected chi connectivity index (χ3v) is 1.52. The molecule has 0 aliphatic rings. The van der Waals surface area contributed by atoms with Crippen LogP contribution in [0, 0.1) is 0 Å². The van der Waals surface area contributed by atoms with Gasteiger partial charge in [-0.15, -0.1) is 0 Å². The van der Waals surface area contributed by atoms with E-state index in [0.29, 0.717) is 18.2 Å². The van der Waals surface area contributed by atoms with Gasteiger partial charge in [0.1, 0.15) is 0 Å². The highest BCUT2D eigenvalue weighted by Crippen LogP contribution is 2.06. The molecule has 1 aromatic rings. The lowest BCUT2D eigenvalue weighted by Gasteiger charge is -2.03. The summed E-state index contributed by atoms with van der Waals surface area (Å²) in [7, 11) is 1.54. The fourth-order valence-corrected chi connectivity index (χ4v) is 0.810. The number of nitrogens with two attached hydrogens (primary N) is 1. The molecule has 0 atom stereocenters. The van der Waals surface area contributed by atoms with Crippen LogP contribution >= 0.6 is 0 Å². The Kier molecular flexibility index (Phi) is 3.66. The molecule has 0 bridgehead atoms. The van der Waals surface area contributed by atoms with Gasteiger partial charge in [0.2, 0.25) is 11.9 Å². The summed E-state index contributed by atoms with van der Waals surface area (Å²) in [6, 6.07) is 0. The van der Waals surface area contributed by atoms with Crippen LogP contribution in [0.15, 0.2) is 12.4 Å². The first-order valence-corrected chi connectivity index (χ1v) is 4.10. The van der Waals surface area contributed by atoms with Crippen LogP contribution in [0.25, 0.3) is 0 Å². The van der Waals surface area contributed by atoms with E-state index in [9.17, 15) is 4.79 Å². The minimum Gasteiger partial charge on any atom is -0.494 e. The van der Waals surface area contributed by atoms with Crippen molar-refractivity contribution in [2.45, 2.75) is 6.42 Å². The Morgan fingerprint density at radius 2 is 2.21 bits per heavy atom. The minimum absolute atomic E-state index is 0.259. The first-order valence-electron chi connectivity index (χ1n) is 4.10. The van der Waals surface area contributed by atoms with Crippen molar-refractivity contribution >= 4 is 11.9 Å². The highest BCUT2D eigenvalue weighted by atomic mass is 16.5. The Morgan fingerprint density at radius 3 is 2.71 bits per heavy atom. The number of aromatic nitrogens is 2. The van der Waals surface area contributed by atoms with Gasteiger partial charge in [-0.3, -0.25) is 4.79 Å². The second kappa shape index (κ2) is 5.00. The lowest BCUT2D eigenvalue weighted by molar-refractivity contribution is -0.117. The molecule has 3 N–H and O–H groups in total. The predicted octanol–water partition coefficient (Wildman–Crippen LogP) is -0.228. The maximum absolute atomic E-state index is 10.4. The smallest absolute Gasteiger partial charge is 0.222 e. The first kappa shape index (κ1) is 10.2. The number of hydrogen-bond donors (Lipinski definition) is 2. The van der Waals surface area contributed by atoms with E-state index in [1.54, 1.807) is 19.5 Å². The van der Waals surface area contributed by atoms with Crippen LogP contribution in [0.1, 0.15) is 6.42 Å². The zero-order valence-corrected chi connectivity index (χ0v) is 7.86. The van der Waals surface area contributed by atoms with Gasteiger partial charge in [0.05, 0.1) is 19.5 Å². The maximum atomic E-state index is 10.4. The molecule has 14 heavy (non-hydrogen) atoms. The van der Waals surface area contributed by atoms with Gasteiger partial charge in [-0.05, 0) is 0 Å². The summed E-state index contributed by atoms with van der Waals surface area (Å²) in [5.74, 6) is 0.684. The molecule has 0 radical (unpaired) electrons. The molecule has 1 rings (SSSR count). The Morgan fingerprint density at radius 1 is 1.57 bits per heavy atom. The number of ether oxygens (including phenoxy) is 1. The van der Waals surface area contributed by atoms with Crippen LogP contribution in [0.2, 0.25) is 0 Å².